The van der Waals surface area contributed by atoms with Gasteiger partial charge in [-0.15, -0.1) is 5.52 Å². The van der Waals surface area contributed by atoms with Gasteiger partial charge in [0.2, 0.25) is 0 Å². The Morgan fingerprint density at radius 1 is 0.872 bits per heavy atom. The van der Waals surface area contributed by atoms with Gasteiger partial charge in [-0.2, -0.15) is 6.20 Å². The van der Waals surface area contributed by atoms with Gasteiger partial charge in [-0.1, -0.05) is 75.4 Å². The van der Waals surface area contributed by atoms with Crippen molar-refractivity contribution in [2.45, 2.75) is 26.2 Å². The van der Waals surface area contributed by atoms with Gasteiger partial charge in [-0.3, -0.25) is 0 Å². The molecule has 3 heterocycles. The molecule has 6 aromatic rings. The van der Waals surface area contributed by atoms with Crippen LogP contribution < -0.4 is 4.98 Å². The van der Waals surface area contributed by atoms with Crippen LogP contribution in [0.4, 0.5) is 0 Å². The maximum atomic E-state index is 12.0. The van der Waals surface area contributed by atoms with Crippen LogP contribution in [0.1, 0.15) is 36.8 Å². The van der Waals surface area contributed by atoms with Crippen molar-refractivity contribution < 1.29 is 31.0 Å². The molecule has 0 bridgehead atoms. The first kappa shape index (κ1) is 26.6. The Bertz CT molecular complexity index is 1850. The summed E-state index contributed by atoms with van der Waals surface area (Å²) >= 11 is 0. The van der Waals surface area contributed by atoms with Crippen molar-refractivity contribution in [3.8, 4) is 33.8 Å². The van der Waals surface area contributed by atoms with E-state index in [1.54, 1.807) is 6.07 Å². The van der Waals surface area contributed by atoms with Crippen molar-refractivity contribution in [2.24, 2.45) is 7.05 Å². The molecular formula is C32H27N4O2Pt-. The Morgan fingerprint density at radius 2 is 1.64 bits per heavy atom. The summed E-state index contributed by atoms with van der Waals surface area (Å²) in [4.78, 5) is 26.3. The van der Waals surface area contributed by atoms with Gasteiger partial charge in [-0.05, 0) is 51.8 Å². The van der Waals surface area contributed by atoms with E-state index in [-0.39, 0.29) is 32.2 Å². The number of aromatic nitrogens is 4. The van der Waals surface area contributed by atoms with Gasteiger partial charge in [0, 0.05) is 39.2 Å². The zero-order valence-corrected chi connectivity index (χ0v) is 24.3. The van der Waals surface area contributed by atoms with Gasteiger partial charge in [0.05, 0.1) is 16.7 Å². The molecule has 0 aliphatic heterocycles. The number of pyridine rings is 1. The van der Waals surface area contributed by atoms with Crippen LogP contribution in [0.3, 0.4) is 0 Å². The minimum absolute atomic E-state index is 0. The smallest absolute Gasteiger partial charge is 0.354 e. The predicted octanol–water partition coefficient (Wildman–Crippen LogP) is 7.07. The average Bonchev–Trinajstić information content (AvgIpc) is 3.52. The molecule has 0 saturated heterocycles. The number of imidazole rings is 1. The Hall–Kier alpha value is -4.02. The summed E-state index contributed by atoms with van der Waals surface area (Å²) in [6.07, 6.45) is 1.83. The van der Waals surface area contributed by atoms with E-state index in [0.717, 1.165) is 50.0 Å². The average molecular weight is 695 g/mol. The molecule has 1 N–H and O–H groups in total. The number of benzene rings is 3. The molecule has 6 nitrogen and oxygen atoms in total. The van der Waals surface area contributed by atoms with E-state index < -0.39 is 5.97 Å². The van der Waals surface area contributed by atoms with Gasteiger partial charge >= 0.3 is 5.97 Å². The molecule has 0 aliphatic rings. The summed E-state index contributed by atoms with van der Waals surface area (Å²) in [6.45, 7) is 6.60. The molecule has 0 amide bonds. The zero-order chi connectivity index (χ0) is 26.6. The van der Waals surface area contributed by atoms with Crippen LogP contribution in [0.25, 0.3) is 55.7 Å². The fourth-order valence-corrected chi connectivity index (χ4v) is 4.96. The molecule has 198 valence electrons. The molecule has 0 saturated carbocycles. The summed E-state index contributed by atoms with van der Waals surface area (Å²) in [6, 6.07) is 25.6. The third-order valence-electron chi connectivity index (χ3n) is 7.04. The molecule has 0 aliphatic carbocycles. The normalized spacial score (nSPS) is 11.6. The van der Waals surface area contributed by atoms with E-state index in [1.165, 1.54) is 5.56 Å². The minimum atomic E-state index is -1.07. The van der Waals surface area contributed by atoms with Crippen LogP contribution in [0.15, 0.2) is 85.1 Å². The van der Waals surface area contributed by atoms with E-state index in [0.29, 0.717) is 5.69 Å². The van der Waals surface area contributed by atoms with Gasteiger partial charge in [0.15, 0.2) is 0 Å². The second kappa shape index (κ2) is 9.94. The number of carboxylic acids is 1. The minimum Gasteiger partial charge on any atom is -0.663 e. The summed E-state index contributed by atoms with van der Waals surface area (Å²) in [5, 5.41) is 10.9. The molecule has 0 unspecified atom stereocenters. The second-order valence-corrected chi connectivity index (χ2v) is 10.6. The van der Waals surface area contributed by atoms with Crippen LogP contribution in [0.5, 0.6) is 0 Å². The molecule has 3 aromatic carbocycles. The summed E-state index contributed by atoms with van der Waals surface area (Å²) in [5.74, 6) is -0.262. The third kappa shape index (κ3) is 4.70. The van der Waals surface area contributed by atoms with E-state index in [1.807, 2.05) is 73.9 Å². The van der Waals surface area contributed by atoms with Crippen molar-refractivity contribution in [3.05, 3.63) is 96.3 Å². The molecule has 0 spiro atoms. The summed E-state index contributed by atoms with van der Waals surface area (Å²) in [7, 11) is 2.00. The number of aromatic carboxylic acids is 1. The number of rotatable bonds is 4. The number of fused-ring (bicyclic) bond motifs is 2. The van der Waals surface area contributed by atoms with Crippen LogP contribution in [0.2, 0.25) is 0 Å². The van der Waals surface area contributed by atoms with Crippen LogP contribution >= 0.6 is 0 Å². The number of hydrogen-bond donors (Lipinski definition) is 1. The molecule has 3 aromatic heterocycles. The van der Waals surface area contributed by atoms with E-state index in [9.17, 15) is 9.90 Å². The fourth-order valence-electron chi connectivity index (χ4n) is 4.96. The molecule has 0 atom stereocenters. The summed E-state index contributed by atoms with van der Waals surface area (Å²) < 4.78 is 2.08. The number of hydrogen-bond acceptors (Lipinski definition) is 3. The molecule has 0 radical (unpaired) electrons. The number of aryl methyl sites for hydroxylation is 1. The van der Waals surface area contributed by atoms with Gasteiger partial charge < -0.3 is 14.7 Å². The maximum absolute atomic E-state index is 12.0. The zero-order valence-electron chi connectivity index (χ0n) is 22.0. The van der Waals surface area contributed by atoms with Crippen LogP contribution in [0, 0.1) is 0 Å². The van der Waals surface area contributed by atoms with E-state index in [4.69, 9.17) is 4.98 Å². The van der Waals surface area contributed by atoms with E-state index in [2.05, 4.69) is 47.4 Å². The Kier molecular flexibility index (Phi) is 6.77. The first-order chi connectivity index (χ1) is 18.2. The van der Waals surface area contributed by atoms with Crippen molar-refractivity contribution in [1.82, 2.24) is 19.5 Å². The first-order valence-corrected chi connectivity index (χ1v) is 12.5. The monoisotopic (exact) mass is 694 g/mol. The predicted molar refractivity (Wildman–Crippen MR) is 151 cm³/mol. The second-order valence-electron chi connectivity index (χ2n) is 10.6. The van der Waals surface area contributed by atoms with Gasteiger partial charge in [0.25, 0.3) is 0 Å². The largest absolute Gasteiger partial charge is 0.663 e. The van der Waals surface area contributed by atoms with Crippen molar-refractivity contribution in [2.75, 3.05) is 0 Å². The Balaban J connectivity index is 0.00000308. The summed E-state index contributed by atoms with van der Waals surface area (Å²) in [5.41, 5.74) is 7.82. The number of carboxylic acid groups (broad SMARTS) is 1. The first-order valence-electron chi connectivity index (χ1n) is 12.5. The number of carbonyl (C=O) groups is 1. The fraction of sp³-hybridized carbons (Fsp3) is 0.156. The van der Waals surface area contributed by atoms with Gasteiger partial charge in [0.1, 0.15) is 11.5 Å². The SMILES string of the molecule is Cn1c(-c2cc(C(C)(C)C)cc3cc[n-]c23)nc2c(-c3cc(-c4ccccc4)cc(C(=O)O)n3)cccc21.[Pt]. The molecule has 39 heavy (non-hydrogen) atoms. The van der Waals surface area contributed by atoms with E-state index >= 15 is 0 Å². The van der Waals surface area contributed by atoms with Gasteiger partial charge in [-0.25, -0.2) is 14.8 Å². The van der Waals surface area contributed by atoms with Crippen molar-refractivity contribution in [3.63, 3.8) is 0 Å². The van der Waals surface area contributed by atoms with Crippen molar-refractivity contribution in [1.29, 1.82) is 0 Å². The standard InChI is InChI=1S/C32H28N4O2.Pt/c1-32(2,3)22-15-20-13-14-33-28(20)24(18-22)30-35-29-23(11-8-12-27(29)36(30)4)25-16-21(17-26(34-25)31(37)38)19-9-6-5-7-10-19;/h5-18H,1-4H3,(H2,33,34,35,37,38);/p-1. The third-order valence-corrected chi connectivity index (χ3v) is 7.04. The molecule has 0 fully saturated rings. The number of para-hydroxylation sites is 1. The number of nitrogens with zero attached hydrogens (tertiary/aromatic N) is 4. The topological polar surface area (TPSA) is 82.1 Å². The van der Waals surface area contributed by atoms with Crippen LogP contribution in [-0.4, -0.2) is 25.6 Å². The Morgan fingerprint density at radius 3 is 2.36 bits per heavy atom. The van der Waals surface area contributed by atoms with Crippen LogP contribution in [-0.2, 0) is 33.5 Å². The maximum Gasteiger partial charge on any atom is 0.354 e. The Labute approximate surface area is 241 Å². The molecule has 7 heteroatoms. The van der Waals surface area contributed by atoms with Crippen molar-refractivity contribution >= 4 is 27.9 Å². The molecule has 6 rings (SSSR count). The quantitative estimate of drug-likeness (QED) is 0.214. The molecular weight excluding hydrogens is 667 g/mol.